The summed E-state index contributed by atoms with van der Waals surface area (Å²) in [4.78, 5) is 7.07. The number of likely N-dealkylation sites (tertiary alicyclic amines) is 1. The van der Waals surface area contributed by atoms with Gasteiger partial charge in [-0.05, 0) is 44.7 Å². The third-order valence-corrected chi connectivity index (χ3v) is 5.54. The van der Waals surface area contributed by atoms with E-state index in [1.165, 1.54) is 23.2 Å². The Bertz CT molecular complexity index is 640. The molecule has 1 aromatic heterocycles. The Morgan fingerprint density at radius 1 is 1.35 bits per heavy atom. The first-order valence-corrected chi connectivity index (χ1v) is 9.23. The van der Waals surface area contributed by atoms with Crippen LogP contribution in [-0.2, 0) is 17.7 Å². The number of piperidine rings is 1. The van der Waals surface area contributed by atoms with Gasteiger partial charge >= 0.3 is 0 Å². The van der Waals surface area contributed by atoms with E-state index in [9.17, 15) is 0 Å². The van der Waals surface area contributed by atoms with Crippen molar-refractivity contribution in [3.63, 3.8) is 0 Å². The molecular weight excluding hydrogens is 304 g/mol. The summed E-state index contributed by atoms with van der Waals surface area (Å²) in [5.74, 6) is 0.607. The Balaban J connectivity index is 1.60. The van der Waals surface area contributed by atoms with Gasteiger partial charge in [0.15, 0.2) is 0 Å². The minimum Gasteiger partial charge on any atom is -0.380 e. The van der Waals surface area contributed by atoms with Gasteiger partial charge in [-0.15, -0.1) is 11.3 Å². The Kier molecular flexibility index (Phi) is 5.46. The fraction of sp³-hybridized carbons (Fsp3) is 0.526. The second kappa shape index (κ2) is 7.56. The van der Waals surface area contributed by atoms with Crippen LogP contribution in [0.3, 0.4) is 0 Å². The topological polar surface area (TPSA) is 25.4 Å². The predicted molar refractivity (Wildman–Crippen MR) is 95.9 cm³/mol. The molecule has 2 heterocycles. The summed E-state index contributed by atoms with van der Waals surface area (Å²) in [6, 6.07) is 8.86. The van der Waals surface area contributed by atoms with Gasteiger partial charge in [-0.2, -0.15) is 0 Å². The highest BCUT2D eigenvalue weighted by Gasteiger charge is 2.29. The van der Waals surface area contributed by atoms with Crippen LogP contribution in [0.15, 0.2) is 29.6 Å². The first-order chi connectivity index (χ1) is 11.1. The molecule has 0 bridgehead atoms. The molecule has 124 valence electrons. The lowest BCUT2D eigenvalue weighted by Gasteiger charge is -2.37. The summed E-state index contributed by atoms with van der Waals surface area (Å²) in [5, 5.41) is 3.33. The number of hydrogen-bond acceptors (Lipinski definition) is 4. The molecule has 0 spiro atoms. The summed E-state index contributed by atoms with van der Waals surface area (Å²) in [6.07, 6.45) is 2.61. The number of aromatic nitrogens is 1. The normalized spacial score (nSPS) is 22.4. The zero-order valence-corrected chi connectivity index (χ0v) is 15.1. The molecule has 0 saturated carbocycles. The van der Waals surface area contributed by atoms with Gasteiger partial charge in [0, 0.05) is 25.6 Å². The quantitative estimate of drug-likeness (QED) is 0.833. The summed E-state index contributed by atoms with van der Waals surface area (Å²) in [6.45, 7) is 7.31. The standard InChI is InChI=1S/C19H26N2OS/c1-14-5-4-6-16(9-14)10-17-7-8-21(12-19(17)22-3)11-18-13-23-15(2)20-18/h4-6,9,13,17,19H,7-8,10-12H2,1-3H3/t17-,19+/m1/s1. The van der Waals surface area contributed by atoms with E-state index >= 15 is 0 Å². The summed E-state index contributed by atoms with van der Waals surface area (Å²) < 4.78 is 5.82. The van der Waals surface area contributed by atoms with Crippen molar-refractivity contribution in [2.75, 3.05) is 20.2 Å². The van der Waals surface area contributed by atoms with E-state index in [0.717, 1.165) is 31.1 Å². The van der Waals surface area contributed by atoms with Gasteiger partial charge in [-0.25, -0.2) is 4.98 Å². The lowest BCUT2D eigenvalue weighted by molar-refractivity contribution is -0.0138. The second-order valence-corrected chi connectivity index (χ2v) is 7.67. The molecule has 3 nitrogen and oxygen atoms in total. The first-order valence-electron chi connectivity index (χ1n) is 8.35. The third kappa shape index (κ3) is 4.40. The lowest BCUT2D eigenvalue weighted by atomic mass is 9.87. The average Bonchev–Trinajstić information content (AvgIpc) is 2.94. The number of benzene rings is 1. The number of rotatable bonds is 5. The number of aryl methyl sites for hydroxylation is 2. The molecule has 1 fully saturated rings. The molecule has 4 heteroatoms. The van der Waals surface area contributed by atoms with E-state index in [0.29, 0.717) is 12.0 Å². The molecule has 2 atom stereocenters. The zero-order valence-electron chi connectivity index (χ0n) is 14.3. The van der Waals surface area contributed by atoms with Crippen molar-refractivity contribution >= 4 is 11.3 Å². The van der Waals surface area contributed by atoms with Crippen molar-refractivity contribution in [3.05, 3.63) is 51.5 Å². The van der Waals surface area contributed by atoms with Crippen molar-refractivity contribution in [1.82, 2.24) is 9.88 Å². The van der Waals surface area contributed by atoms with Crippen LogP contribution in [0.5, 0.6) is 0 Å². The van der Waals surface area contributed by atoms with Crippen LogP contribution in [0.25, 0.3) is 0 Å². The molecule has 1 aromatic carbocycles. The smallest absolute Gasteiger partial charge is 0.0897 e. The molecule has 1 aliphatic heterocycles. The summed E-state index contributed by atoms with van der Waals surface area (Å²) >= 11 is 1.73. The molecular formula is C19H26N2OS. The maximum absolute atomic E-state index is 5.82. The van der Waals surface area contributed by atoms with Crippen LogP contribution < -0.4 is 0 Å². The number of ether oxygens (including phenoxy) is 1. The molecule has 0 N–H and O–H groups in total. The van der Waals surface area contributed by atoms with E-state index in [-0.39, 0.29) is 0 Å². The minimum atomic E-state index is 0.309. The molecule has 0 radical (unpaired) electrons. The molecule has 23 heavy (non-hydrogen) atoms. The van der Waals surface area contributed by atoms with Crippen molar-refractivity contribution in [3.8, 4) is 0 Å². The SMILES string of the molecule is CO[C@H]1CN(Cc2csc(C)n2)CC[C@@H]1Cc1cccc(C)c1. The van der Waals surface area contributed by atoms with Crippen molar-refractivity contribution in [1.29, 1.82) is 0 Å². The van der Waals surface area contributed by atoms with Crippen LogP contribution in [0.1, 0.15) is 28.2 Å². The van der Waals surface area contributed by atoms with Crippen LogP contribution in [0.4, 0.5) is 0 Å². The van der Waals surface area contributed by atoms with Gasteiger partial charge in [0.25, 0.3) is 0 Å². The van der Waals surface area contributed by atoms with Gasteiger partial charge in [0.05, 0.1) is 16.8 Å². The molecule has 0 unspecified atom stereocenters. The number of methoxy groups -OCH3 is 1. The number of thiazole rings is 1. The Labute approximate surface area is 143 Å². The van der Waals surface area contributed by atoms with Crippen LogP contribution in [0.2, 0.25) is 0 Å². The Morgan fingerprint density at radius 2 is 2.22 bits per heavy atom. The molecule has 2 aromatic rings. The monoisotopic (exact) mass is 330 g/mol. The summed E-state index contributed by atoms with van der Waals surface area (Å²) in [5.41, 5.74) is 3.97. The van der Waals surface area contributed by atoms with Gasteiger partial charge in [-0.1, -0.05) is 29.8 Å². The third-order valence-electron chi connectivity index (χ3n) is 4.72. The van der Waals surface area contributed by atoms with E-state index in [4.69, 9.17) is 4.74 Å². The maximum atomic E-state index is 5.82. The van der Waals surface area contributed by atoms with Crippen molar-refractivity contribution in [2.24, 2.45) is 5.92 Å². The predicted octanol–water partition coefficient (Wildman–Crippen LogP) is 3.84. The minimum absolute atomic E-state index is 0.309. The molecule has 1 saturated heterocycles. The van der Waals surface area contributed by atoms with Gasteiger partial charge in [0.1, 0.15) is 0 Å². The van der Waals surface area contributed by atoms with E-state index in [1.807, 2.05) is 7.11 Å². The Morgan fingerprint density at radius 3 is 2.91 bits per heavy atom. The molecule has 1 aliphatic rings. The van der Waals surface area contributed by atoms with Crippen molar-refractivity contribution < 1.29 is 4.74 Å². The van der Waals surface area contributed by atoms with Crippen LogP contribution >= 0.6 is 11.3 Å². The van der Waals surface area contributed by atoms with Gasteiger partial charge in [-0.3, -0.25) is 4.90 Å². The number of hydrogen-bond donors (Lipinski definition) is 0. The largest absolute Gasteiger partial charge is 0.380 e. The van der Waals surface area contributed by atoms with E-state index in [2.05, 4.69) is 53.4 Å². The maximum Gasteiger partial charge on any atom is 0.0897 e. The fourth-order valence-corrected chi connectivity index (χ4v) is 4.13. The summed E-state index contributed by atoms with van der Waals surface area (Å²) in [7, 11) is 1.85. The van der Waals surface area contributed by atoms with Gasteiger partial charge in [0.2, 0.25) is 0 Å². The van der Waals surface area contributed by atoms with E-state index in [1.54, 1.807) is 11.3 Å². The molecule has 0 aliphatic carbocycles. The zero-order chi connectivity index (χ0) is 16.2. The Hall–Kier alpha value is -1.23. The lowest BCUT2D eigenvalue weighted by Crippen LogP contribution is -2.45. The van der Waals surface area contributed by atoms with Gasteiger partial charge < -0.3 is 4.74 Å². The van der Waals surface area contributed by atoms with Crippen molar-refractivity contribution in [2.45, 2.75) is 39.3 Å². The molecule has 3 rings (SSSR count). The van der Waals surface area contributed by atoms with E-state index < -0.39 is 0 Å². The fourth-order valence-electron chi connectivity index (χ4n) is 3.53. The second-order valence-electron chi connectivity index (χ2n) is 6.61. The average molecular weight is 330 g/mol. The van der Waals surface area contributed by atoms with Crippen LogP contribution in [-0.4, -0.2) is 36.2 Å². The highest BCUT2D eigenvalue weighted by molar-refractivity contribution is 7.09. The highest BCUT2D eigenvalue weighted by Crippen LogP contribution is 2.25. The van der Waals surface area contributed by atoms with Crippen LogP contribution in [0, 0.1) is 19.8 Å². The molecule has 0 amide bonds. The first kappa shape index (κ1) is 16.6. The number of nitrogens with zero attached hydrogens (tertiary/aromatic N) is 2. The highest BCUT2D eigenvalue weighted by atomic mass is 32.1.